The van der Waals surface area contributed by atoms with Crippen LogP contribution in [-0.2, 0) is 0 Å². The van der Waals surface area contributed by atoms with Gasteiger partial charge in [0.05, 0.1) is 12.7 Å². The number of hydrogen-bond donors (Lipinski definition) is 2. The predicted octanol–water partition coefficient (Wildman–Crippen LogP) is 2.59. The molecule has 3 N–H and O–H groups in total. The van der Waals surface area contributed by atoms with Crippen molar-refractivity contribution in [2.75, 3.05) is 19.4 Å². The molecule has 0 radical (unpaired) electrons. The van der Waals surface area contributed by atoms with Crippen molar-refractivity contribution >= 4 is 11.6 Å². The number of methoxy groups -OCH3 is 1. The van der Waals surface area contributed by atoms with Crippen molar-refractivity contribution in [2.24, 2.45) is 5.92 Å². The van der Waals surface area contributed by atoms with Gasteiger partial charge in [-0.15, -0.1) is 0 Å². The Morgan fingerprint density at radius 3 is 2.84 bits per heavy atom. The minimum Gasteiger partial charge on any atom is -0.497 e. The van der Waals surface area contributed by atoms with Gasteiger partial charge in [0, 0.05) is 12.2 Å². The Labute approximate surface area is 114 Å². The Kier molecular flexibility index (Phi) is 4.66. The molecule has 4 nitrogen and oxygen atoms in total. The second-order valence-electron chi connectivity index (χ2n) is 5.15. The Hall–Kier alpha value is -1.71. The van der Waals surface area contributed by atoms with E-state index in [9.17, 15) is 4.79 Å². The smallest absolute Gasteiger partial charge is 0.253 e. The van der Waals surface area contributed by atoms with E-state index >= 15 is 0 Å². The first-order valence-corrected chi connectivity index (χ1v) is 6.92. The molecule has 104 valence electrons. The molecule has 4 heteroatoms. The van der Waals surface area contributed by atoms with Crippen molar-refractivity contribution in [3.8, 4) is 5.75 Å². The molecule has 1 amide bonds. The van der Waals surface area contributed by atoms with E-state index in [1.54, 1.807) is 25.3 Å². The summed E-state index contributed by atoms with van der Waals surface area (Å²) >= 11 is 0. The lowest BCUT2D eigenvalue weighted by atomic mass is 10.0. The van der Waals surface area contributed by atoms with Crippen LogP contribution in [0, 0.1) is 5.92 Å². The third-order valence-electron chi connectivity index (χ3n) is 3.82. The largest absolute Gasteiger partial charge is 0.497 e. The summed E-state index contributed by atoms with van der Waals surface area (Å²) in [4.78, 5) is 12.1. The average molecular weight is 262 g/mol. The van der Waals surface area contributed by atoms with Crippen LogP contribution in [0.15, 0.2) is 18.2 Å². The third kappa shape index (κ3) is 3.63. The molecule has 0 unspecified atom stereocenters. The van der Waals surface area contributed by atoms with Crippen LogP contribution in [0.4, 0.5) is 5.69 Å². The fraction of sp³-hybridized carbons (Fsp3) is 0.533. The molecule has 19 heavy (non-hydrogen) atoms. The Morgan fingerprint density at radius 1 is 1.42 bits per heavy atom. The van der Waals surface area contributed by atoms with E-state index in [0.29, 0.717) is 17.0 Å². The highest BCUT2D eigenvalue weighted by Gasteiger charge is 2.15. The second-order valence-corrected chi connectivity index (χ2v) is 5.15. The van der Waals surface area contributed by atoms with Gasteiger partial charge in [0.2, 0.25) is 0 Å². The van der Waals surface area contributed by atoms with Crippen LogP contribution in [0.5, 0.6) is 5.75 Å². The predicted molar refractivity (Wildman–Crippen MR) is 76.3 cm³/mol. The lowest BCUT2D eigenvalue weighted by Crippen LogP contribution is -2.26. The van der Waals surface area contributed by atoms with E-state index in [2.05, 4.69) is 5.32 Å². The van der Waals surface area contributed by atoms with Crippen molar-refractivity contribution in [3.05, 3.63) is 23.8 Å². The number of nitrogens with one attached hydrogen (secondary N) is 1. The molecule has 1 saturated carbocycles. The number of anilines is 1. The summed E-state index contributed by atoms with van der Waals surface area (Å²) in [6.07, 6.45) is 6.34. The van der Waals surface area contributed by atoms with Crippen molar-refractivity contribution in [1.82, 2.24) is 5.32 Å². The zero-order chi connectivity index (χ0) is 13.7. The minimum absolute atomic E-state index is 0.116. The number of amides is 1. The van der Waals surface area contributed by atoms with Crippen LogP contribution in [0.2, 0.25) is 0 Å². The van der Waals surface area contributed by atoms with Gasteiger partial charge in [-0.2, -0.15) is 0 Å². The zero-order valence-corrected chi connectivity index (χ0v) is 11.4. The Morgan fingerprint density at radius 2 is 2.16 bits per heavy atom. The summed E-state index contributed by atoms with van der Waals surface area (Å²) in [7, 11) is 1.58. The lowest BCUT2D eigenvalue weighted by molar-refractivity contribution is 0.0952. The Bertz CT molecular complexity index is 440. The molecule has 1 aliphatic carbocycles. The van der Waals surface area contributed by atoms with Crippen LogP contribution < -0.4 is 15.8 Å². The highest BCUT2D eigenvalue weighted by atomic mass is 16.5. The van der Waals surface area contributed by atoms with E-state index in [1.807, 2.05) is 0 Å². The SMILES string of the molecule is COc1ccc(N)c(C(=O)NCCC2CCCC2)c1. The number of ether oxygens (including phenoxy) is 1. The van der Waals surface area contributed by atoms with Gasteiger partial charge in [-0.3, -0.25) is 4.79 Å². The summed E-state index contributed by atoms with van der Waals surface area (Å²) < 4.78 is 5.11. The first-order chi connectivity index (χ1) is 9.20. The van der Waals surface area contributed by atoms with Crippen molar-refractivity contribution in [3.63, 3.8) is 0 Å². The molecule has 0 spiro atoms. The molecule has 1 aliphatic rings. The number of benzene rings is 1. The standard InChI is InChI=1S/C15H22N2O2/c1-19-12-6-7-14(16)13(10-12)15(18)17-9-8-11-4-2-3-5-11/h6-7,10-11H,2-5,8-9,16H2,1H3,(H,17,18). The number of nitrogens with two attached hydrogens (primary N) is 1. The molecule has 0 heterocycles. The fourth-order valence-corrected chi connectivity index (χ4v) is 2.64. The molecule has 0 saturated heterocycles. The molecule has 2 rings (SSSR count). The van der Waals surface area contributed by atoms with Gasteiger partial charge in [-0.1, -0.05) is 25.7 Å². The second kappa shape index (κ2) is 6.45. The van der Waals surface area contributed by atoms with Crippen LogP contribution in [0.1, 0.15) is 42.5 Å². The highest BCUT2D eigenvalue weighted by molar-refractivity contribution is 5.99. The maximum Gasteiger partial charge on any atom is 0.253 e. The summed E-state index contributed by atoms with van der Waals surface area (Å²) in [6, 6.07) is 5.13. The van der Waals surface area contributed by atoms with Gasteiger partial charge < -0.3 is 15.8 Å². The number of nitrogen functional groups attached to an aromatic ring is 1. The van der Waals surface area contributed by atoms with Gasteiger partial charge >= 0.3 is 0 Å². The van der Waals surface area contributed by atoms with E-state index < -0.39 is 0 Å². The molecular formula is C15H22N2O2. The van der Waals surface area contributed by atoms with Crippen LogP contribution in [0.3, 0.4) is 0 Å². The first kappa shape index (κ1) is 13.7. The van der Waals surface area contributed by atoms with Crippen LogP contribution >= 0.6 is 0 Å². The molecule has 1 aromatic carbocycles. The first-order valence-electron chi connectivity index (χ1n) is 6.92. The normalized spacial score (nSPS) is 15.4. The minimum atomic E-state index is -0.116. The third-order valence-corrected chi connectivity index (χ3v) is 3.82. The summed E-state index contributed by atoms with van der Waals surface area (Å²) in [5.41, 5.74) is 6.80. The van der Waals surface area contributed by atoms with E-state index in [0.717, 1.165) is 18.9 Å². The monoisotopic (exact) mass is 262 g/mol. The summed E-state index contributed by atoms with van der Waals surface area (Å²) in [6.45, 7) is 0.722. The number of rotatable bonds is 5. The van der Waals surface area contributed by atoms with Gasteiger partial charge in [0.1, 0.15) is 5.75 Å². The topological polar surface area (TPSA) is 64.3 Å². The summed E-state index contributed by atoms with van der Waals surface area (Å²) in [5.74, 6) is 1.31. The molecule has 0 bridgehead atoms. The quantitative estimate of drug-likeness (QED) is 0.802. The Balaban J connectivity index is 1.88. The number of hydrogen-bond acceptors (Lipinski definition) is 3. The number of carbonyl (C=O) groups excluding carboxylic acids is 1. The molecule has 1 fully saturated rings. The van der Waals surface area contributed by atoms with Crippen molar-refractivity contribution in [1.29, 1.82) is 0 Å². The van der Waals surface area contributed by atoms with Crippen LogP contribution in [-0.4, -0.2) is 19.6 Å². The van der Waals surface area contributed by atoms with Gasteiger partial charge in [0.25, 0.3) is 5.91 Å². The van der Waals surface area contributed by atoms with Crippen LogP contribution in [0.25, 0.3) is 0 Å². The summed E-state index contributed by atoms with van der Waals surface area (Å²) in [5, 5.41) is 2.94. The zero-order valence-electron chi connectivity index (χ0n) is 11.4. The molecule has 0 atom stereocenters. The molecule has 0 aromatic heterocycles. The van der Waals surface area contributed by atoms with Gasteiger partial charge in [-0.05, 0) is 30.5 Å². The van der Waals surface area contributed by atoms with E-state index in [4.69, 9.17) is 10.5 Å². The van der Waals surface area contributed by atoms with Gasteiger partial charge in [0.15, 0.2) is 0 Å². The maximum atomic E-state index is 12.1. The highest BCUT2D eigenvalue weighted by Crippen LogP contribution is 2.27. The molecular weight excluding hydrogens is 240 g/mol. The van der Waals surface area contributed by atoms with E-state index in [-0.39, 0.29) is 5.91 Å². The maximum absolute atomic E-state index is 12.1. The van der Waals surface area contributed by atoms with E-state index in [1.165, 1.54) is 25.7 Å². The fourth-order valence-electron chi connectivity index (χ4n) is 2.64. The molecule has 1 aromatic rings. The molecule has 0 aliphatic heterocycles. The average Bonchev–Trinajstić information content (AvgIpc) is 2.92. The number of carbonyl (C=O) groups is 1. The van der Waals surface area contributed by atoms with Gasteiger partial charge in [-0.25, -0.2) is 0 Å². The van der Waals surface area contributed by atoms with Crippen molar-refractivity contribution in [2.45, 2.75) is 32.1 Å². The lowest BCUT2D eigenvalue weighted by Gasteiger charge is -2.11. The van der Waals surface area contributed by atoms with Crippen molar-refractivity contribution < 1.29 is 9.53 Å².